The molecule has 29 heavy (non-hydrogen) atoms. The number of fused-ring (bicyclic) bond motifs is 1. The van der Waals surface area contributed by atoms with Crippen molar-refractivity contribution in [1.82, 2.24) is 0 Å². The van der Waals surface area contributed by atoms with Gasteiger partial charge in [0.25, 0.3) is 5.91 Å². The van der Waals surface area contributed by atoms with Gasteiger partial charge in [0.1, 0.15) is 5.75 Å². The normalized spacial score (nSPS) is 10.7. The molecule has 0 aliphatic rings. The van der Waals surface area contributed by atoms with Gasteiger partial charge in [-0.1, -0.05) is 30.3 Å². The highest BCUT2D eigenvalue weighted by Gasteiger charge is 2.13. The van der Waals surface area contributed by atoms with Crippen molar-refractivity contribution >= 4 is 33.7 Å². The first kappa shape index (κ1) is 18.6. The van der Waals surface area contributed by atoms with E-state index in [1.165, 1.54) is 11.1 Å². The zero-order chi connectivity index (χ0) is 20.4. The quantitative estimate of drug-likeness (QED) is 0.396. The van der Waals surface area contributed by atoms with Crippen LogP contribution in [0.4, 0.5) is 17.1 Å². The van der Waals surface area contributed by atoms with Crippen LogP contribution in [0.5, 0.6) is 5.75 Å². The molecule has 0 spiro atoms. The fraction of sp³-hybridized carbons (Fsp3) is 0.0800. The van der Waals surface area contributed by atoms with Crippen molar-refractivity contribution in [2.45, 2.75) is 13.8 Å². The van der Waals surface area contributed by atoms with Crippen LogP contribution in [0.25, 0.3) is 10.8 Å². The number of hydrogen-bond acceptors (Lipinski definition) is 3. The number of carbonyl (C=O) groups is 1. The lowest BCUT2D eigenvalue weighted by Gasteiger charge is -2.11. The molecular formula is C25H22N2O2. The van der Waals surface area contributed by atoms with Gasteiger partial charge in [-0.3, -0.25) is 4.79 Å². The van der Waals surface area contributed by atoms with Gasteiger partial charge in [0.2, 0.25) is 0 Å². The van der Waals surface area contributed by atoms with Crippen molar-refractivity contribution in [3.63, 3.8) is 0 Å². The molecule has 1 amide bonds. The van der Waals surface area contributed by atoms with Crippen molar-refractivity contribution in [1.29, 1.82) is 0 Å². The SMILES string of the molecule is Cc1cc(C)cc(Nc2ccc(NC(=O)c3cc4ccccc4cc3O)cc2)c1. The van der Waals surface area contributed by atoms with Crippen LogP contribution in [0.1, 0.15) is 21.5 Å². The molecule has 0 saturated carbocycles. The third kappa shape index (κ3) is 4.22. The Morgan fingerprint density at radius 3 is 1.97 bits per heavy atom. The number of phenolic OH excluding ortho intramolecular Hbond substituents is 1. The third-order valence-electron chi connectivity index (χ3n) is 4.76. The van der Waals surface area contributed by atoms with Gasteiger partial charge >= 0.3 is 0 Å². The number of aryl methyl sites for hydroxylation is 2. The maximum absolute atomic E-state index is 12.6. The molecule has 3 N–H and O–H groups in total. The summed E-state index contributed by atoms with van der Waals surface area (Å²) in [7, 11) is 0. The monoisotopic (exact) mass is 382 g/mol. The van der Waals surface area contributed by atoms with Gasteiger partial charge in [0, 0.05) is 17.1 Å². The van der Waals surface area contributed by atoms with Crippen LogP contribution in [0.2, 0.25) is 0 Å². The average Bonchev–Trinajstić information content (AvgIpc) is 2.68. The van der Waals surface area contributed by atoms with Crippen LogP contribution in [0.3, 0.4) is 0 Å². The van der Waals surface area contributed by atoms with E-state index in [4.69, 9.17) is 0 Å². The summed E-state index contributed by atoms with van der Waals surface area (Å²) in [5, 5.41) is 18.3. The number of phenols is 1. The topological polar surface area (TPSA) is 61.4 Å². The van der Waals surface area contributed by atoms with Crippen LogP contribution < -0.4 is 10.6 Å². The number of carbonyl (C=O) groups excluding carboxylic acids is 1. The molecule has 4 nitrogen and oxygen atoms in total. The number of anilines is 3. The van der Waals surface area contributed by atoms with Crippen LogP contribution in [-0.4, -0.2) is 11.0 Å². The molecule has 0 aromatic heterocycles. The summed E-state index contributed by atoms with van der Waals surface area (Å²) in [6.45, 7) is 4.14. The van der Waals surface area contributed by atoms with Gasteiger partial charge in [0.15, 0.2) is 0 Å². The third-order valence-corrected chi connectivity index (χ3v) is 4.76. The molecule has 0 bridgehead atoms. The molecule has 4 rings (SSSR count). The molecule has 4 heteroatoms. The summed E-state index contributed by atoms with van der Waals surface area (Å²) < 4.78 is 0. The zero-order valence-corrected chi connectivity index (χ0v) is 16.4. The van der Waals surface area contributed by atoms with Crippen molar-refractivity contribution in [2.75, 3.05) is 10.6 Å². The van der Waals surface area contributed by atoms with Gasteiger partial charge in [-0.25, -0.2) is 0 Å². The Hall–Kier alpha value is -3.79. The van der Waals surface area contributed by atoms with Crippen LogP contribution in [0.15, 0.2) is 78.9 Å². The highest BCUT2D eigenvalue weighted by Crippen LogP contribution is 2.26. The second kappa shape index (κ2) is 7.68. The Kier molecular flexibility index (Phi) is 4.92. The van der Waals surface area contributed by atoms with Gasteiger partial charge in [-0.05, 0) is 84.3 Å². The number of hydrogen-bond donors (Lipinski definition) is 3. The van der Waals surface area contributed by atoms with Crippen LogP contribution in [-0.2, 0) is 0 Å². The Morgan fingerprint density at radius 2 is 1.31 bits per heavy atom. The molecule has 0 radical (unpaired) electrons. The summed E-state index contributed by atoms with van der Waals surface area (Å²) in [5.74, 6) is -0.377. The predicted octanol–water partition coefficient (Wildman–Crippen LogP) is 6.16. The van der Waals surface area contributed by atoms with Crippen molar-refractivity contribution < 1.29 is 9.90 Å². The van der Waals surface area contributed by atoms with Gasteiger partial charge in [-0.15, -0.1) is 0 Å². The van der Waals surface area contributed by atoms with Gasteiger partial charge in [0.05, 0.1) is 5.56 Å². The van der Waals surface area contributed by atoms with Crippen molar-refractivity contribution in [3.8, 4) is 5.75 Å². The molecule has 0 unspecified atom stereocenters. The zero-order valence-electron chi connectivity index (χ0n) is 16.4. The minimum Gasteiger partial charge on any atom is -0.507 e. The van der Waals surface area contributed by atoms with Crippen LogP contribution in [0, 0.1) is 13.8 Å². The molecule has 0 aliphatic heterocycles. The number of aromatic hydroxyl groups is 1. The molecule has 0 aliphatic carbocycles. The molecule has 4 aromatic carbocycles. The number of nitrogens with one attached hydrogen (secondary N) is 2. The Labute approximate surface area is 169 Å². The second-order valence-corrected chi connectivity index (χ2v) is 7.25. The number of rotatable bonds is 4. The lowest BCUT2D eigenvalue weighted by molar-refractivity contribution is 0.102. The van der Waals surface area contributed by atoms with E-state index in [1.807, 2.05) is 48.5 Å². The van der Waals surface area contributed by atoms with E-state index >= 15 is 0 Å². The highest BCUT2D eigenvalue weighted by molar-refractivity contribution is 6.08. The lowest BCUT2D eigenvalue weighted by Crippen LogP contribution is -2.12. The first-order valence-corrected chi connectivity index (χ1v) is 9.46. The first-order valence-electron chi connectivity index (χ1n) is 9.46. The molecule has 0 heterocycles. The van der Waals surface area contributed by atoms with E-state index < -0.39 is 0 Å². The average molecular weight is 382 g/mol. The summed E-state index contributed by atoms with van der Waals surface area (Å²) >= 11 is 0. The fourth-order valence-electron chi connectivity index (χ4n) is 3.46. The summed E-state index contributed by atoms with van der Waals surface area (Å²) in [6.07, 6.45) is 0. The van der Waals surface area contributed by atoms with Crippen LogP contribution >= 0.6 is 0 Å². The molecular weight excluding hydrogens is 360 g/mol. The molecule has 144 valence electrons. The Morgan fingerprint density at radius 1 is 0.724 bits per heavy atom. The first-order chi connectivity index (χ1) is 14.0. The summed E-state index contributed by atoms with van der Waals surface area (Å²) in [4.78, 5) is 12.6. The maximum Gasteiger partial charge on any atom is 0.259 e. The van der Waals surface area contributed by atoms with E-state index in [-0.39, 0.29) is 17.2 Å². The van der Waals surface area contributed by atoms with E-state index in [2.05, 4.69) is 42.7 Å². The van der Waals surface area contributed by atoms with E-state index in [9.17, 15) is 9.90 Å². The van der Waals surface area contributed by atoms with E-state index in [1.54, 1.807) is 12.1 Å². The number of amides is 1. The standard InChI is InChI=1S/C25H22N2O2/c1-16-11-17(2)13-22(12-16)26-20-7-9-21(10-8-20)27-25(29)23-14-18-5-3-4-6-19(18)15-24(23)28/h3-15,26,28H,1-2H3,(H,27,29). The molecule has 0 atom stereocenters. The van der Waals surface area contributed by atoms with E-state index in [0.717, 1.165) is 22.1 Å². The molecule has 4 aromatic rings. The van der Waals surface area contributed by atoms with Gasteiger partial charge < -0.3 is 15.7 Å². The number of benzene rings is 4. The molecule has 0 fully saturated rings. The smallest absolute Gasteiger partial charge is 0.259 e. The fourth-order valence-corrected chi connectivity index (χ4v) is 3.46. The summed E-state index contributed by atoms with van der Waals surface area (Å²) in [5.41, 5.74) is 5.27. The van der Waals surface area contributed by atoms with Gasteiger partial charge in [-0.2, -0.15) is 0 Å². The lowest BCUT2D eigenvalue weighted by atomic mass is 10.1. The predicted molar refractivity (Wildman–Crippen MR) is 119 cm³/mol. The molecule has 0 saturated heterocycles. The maximum atomic E-state index is 12.6. The Balaban J connectivity index is 1.50. The summed E-state index contributed by atoms with van der Waals surface area (Å²) in [6, 6.07) is 24.7. The minimum atomic E-state index is -0.344. The van der Waals surface area contributed by atoms with E-state index in [0.29, 0.717) is 5.69 Å². The second-order valence-electron chi connectivity index (χ2n) is 7.25. The van der Waals surface area contributed by atoms with Crippen molar-refractivity contribution in [3.05, 3.63) is 95.6 Å². The van der Waals surface area contributed by atoms with Crippen molar-refractivity contribution in [2.24, 2.45) is 0 Å². The highest BCUT2D eigenvalue weighted by atomic mass is 16.3. The minimum absolute atomic E-state index is 0.0331. The Bertz CT molecular complexity index is 1180. The largest absolute Gasteiger partial charge is 0.507 e.